The molecule has 0 fully saturated rings. The summed E-state index contributed by atoms with van der Waals surface area (Å²) in [5, 5.41) is 15.1. The fourth-order valence-corrected chi connectivity index (χ4v) is 9.07. The molecule has 0 aromatic heterocycles. The summed E-state index contributed by atoms with van der Waals surface area (Å²) in [4.78, 5) is 13.6. The highest BCUT2D eigenvalue weighted by atomic mass is 35.5. The van der Waals surface area contributed by atoms with Crippen molar-refractivity contribution in [3.63, 3.8) is 0 Å². The van der Waals surface area contributed by atoms with Crippen molar-refractivity contribution in [2.75, 3.05) is 18.5 Å². The first kappa shape index (κ1) is 34.1. The zero-order valence-corrected chi connectivity index (χ0v) is 30.8. The highest BCUT2D eigenvalue weighted by Gasteiger charge is 2.44. The van der Waals surface area contributed by atoms with Crippen LogP contribution >= 0.6 is 11.6 Å². The van der Waals surface area contributed by atoms with E-state index < -0.39 is 5.97 Å². The molecule has 1 aliphatic carbocycles. The molecule has 7 rings (SSSR count). The SMILES string of the molecule is C[N+]1=C(C=CC2=C(Cl)C(=CC=C3N(CCCCCC(=O)O)c4ccc5ccccc5c4C3(C)C)CCC2)C(C)(C)c2c1ccc1ccccc21. The Balaban J connectivity index is 1.21. The fourth-order valence-electron chi connectivity index (χ4n) is 8.76. The first-order chi connectivity index (χ1) is 24.0. The van der Waals surface area contributed by atoms with Gasteiger partial charge in [0.1, 0.15) is 7.05 Å². The van der Waals surface area contributed by atoms with Crippen molar-refractivity contribution >= 4 is 56.2 Å². The summed E-state index contributed by atoms with van der Waals surface area (Å²) in [7, 11) is 2.18. The van der Waals surface area contributed by atoms with Crippen molar-refractivity contribution in [3.8, 4) is 0 Å². The average Bonchev–Trinajstić information content (AvgIpc) is 3.44. The summed E-state index contributed by atoms with van der Waals surface area (Å²) >= 11 is 7.26. The minimum absolute atomic E-state index is 0.142. The molecule has 5 heteroatoms. The van der Waals surface area contributed by atoms with Crippen LogP contribution in [0.1, 0.15) is 83.8 Å². The van der Waals surface area contributed by atoms with E-state index >= 15 is 0 Å². The quantitative estimate of drug-likeness (QED) is 0.141. The van der Waals surface area contributed by atoms with E-state index in [2.05, 4.69) is 141 Å². The van der Waals surface area contributed by atoms with E-state index in [1.807, 2.05) is 0 Å². The minimum atomic E-state index is -0.723. The Hall–Kier alpha value is -4.41. The van der Waals surface area contributed by atoms with Gasteiger partial charge in [-0.15, -0.1) is 0 Å². The molecule has 0 bridgehead atoms. The molecule has 2 heterocycles. The van der Waals surface area contributed by atoms with Crippen LogP contribution in [0.3, 0.4) is 0 Å². The lowest BCUT2D eigenvalue weighted by atomic mass is 9.79. The van der Waals surface area contributed by atoms with Gasteiger partial charge in [0.25, 0.3) is 0 Å². The monoisotopic (exact) mass is 683 g/mol. The molecule has 0 atom stereocenters. The summed E-state index contributed by atoms with van der Waals surface area (Å²) in [5.41, 5.74) is 9.81. The van der Waals surface area contributed by atoms with E-state index in [1.54, 1.807) is 0 Å². The number of aliphatic carboxylic acids is 1. The van der Waals surface area contributed by atoms with Crippen LogP contribution in [0.15, 0.2) is 119 Å². The summed E-state index contributed by atoms with van der Waals surface area (Å²) < 4.78 is 2.34. The standard InChI is InChI=1S/C45H47ClN2O2/c1-44(2)38(47(5)36-25-21-30-14-8-10-18-34(30)41(36)44)27-23-32-16-13-17-33(43(32)46)24-28-39-45(3,4)42-35-19-11-9-15-31(35)22-26-37(42)48(39)29-12-6-7-20-40(49)50/h8-11,14-15,18-19,21-28H,6-7,12-13,16-17,20,29H2,1-5H3/p+1. The number of allylic oxidation sites excluding steroid dienone is 8. The van der Waals surface area contributed by atoms with Gasteiger partial charge in [-0.1, -0.05) is 98.6 Å². The second kappa shape index (κ2) is 13.4. The van der Waals surface area contributed by atoms with Crippen LogP contribution in [0.4, 0.5) is 11.4 Å². The van der Waals surface area contributed by atoms with E-state index in [0.717, 1.165) is 43.7 Å². The largest absolute Gasteiger partial charge is 0.481 e. The van der Waals surface area contributed by atoms with E-state index in [-0.39, 0.29) is 17.3 Å². The maximum absolute atomic E-state index is 11.1. The number of carboxylic acid groups (broad SMARTS) is 1. The van der Waals surface area contributed by atoms with Crippen LogP contribution in [0, 0.1) is 0 Å². The van der Waals surface area contributed by atoms with Crippen LogP contribution in [-0.2, 0) is 15.6 Å². The maximum Gasteiger partial charge on any atom is 0.303 e. The number of nitrogens with zero attached hydrogens (tertiary/aromatic N) is 2. The van der Waals surface area contributed by atoms with Gasteiger partial charge in [0.2, 0.25) is 5.69 Å². The molecule has 0 saturated heterocycles. The molecule has 0 spiro atoms. The van der Waals surface area contributed by atoms with Crippen molar-refractivity contribution in [2.24, 2.45) is 0 Å². The minimum Gasteiger partial charge on any atom is -0.481 e. The van der Waals surface area contributed by atoms with Gasteiger partial charge < -0.3 is 10.0 Å². The van der Waals surface area contributed by atoms with E-state index in [1.165, 1.54) is 66.6 Å². The van der Waals surface area contributed by atoms with Gasteiger partial charge in [-0.05, 0) is 102 Å². The molecule has 4 nitrogen and oxygen atoms in total. The topological polar surface area (TPSA) is 43.5 Å². The Morgan fingerprint density at radius 1 is 0.820 bits per heavy atom. The van der Waals surface area contributed by atoms with Crippen molar-refractivity contribution in [1.29, 1.82) is 0 Å². The zero-order chi connectivity index (χ0) is 35.2. The second-order valence-electron chi connectivity index (χ2n) is 15.2. The van der Waals surface area contributed by atoms with Crippen molar-refractivity contribution in [1.82, 2.24) is 0 Å². The summed E-state index contributed by atoms with van der Waals surface area (Å²) in [6.45, 7) is 10.2. The number of unbranched alkanes of at least 4 members (excludes halogenated alkanes) is 2. The highest BCUT2D eigenvalue weighted by molar-refractivity contribution is 6.32. The van der Waals surface area contributed by atoms with Crippen LogP contribution < -0.4 is 4.90 Å². The van der Waals surface area contributed by atoms with Crippen molar-refractivity contribution in [3.05, 3.63) is 130 Å². The maximum atomic E-state index is 11.1. The molecule has 0 radical (unpaired) electrons. The summed E-state index contributed by atoms with van der Waals surface area (Å²) in [5.74, 6) is -0.723. The molecule has 0 saturated carbocycles. The Labute approximate surface area is 301 Å². The first-order valence-electron chi connectivity index (χ1n) is 18.1. The van der Waals surface area contributed by atoms with Gasteiger partial charge in [-0.2, -0.15) is 4.58 Å². The number of hydrogen-bond acceptors (Lipinski definition) is 2. The number of anilines is 1. The molecule has 2 aliphatic heterocycles. The molecule has 0 amide bonds. The number of halogens is 1. The lowest BCUT2D eigenvalue weighted by Gasteiger charge is -2.27. The van der Waals surface area contributed by atoms with Crippen LogP contribution in [0.5, 0.6) is 0 Å². The average molecular weight is 684 g/mol. The molecule has 4 aromatic carbocycles. The summed E-state index contributed by atoms with van der Waals surface area (Å²) in [6, 6.07) is 26.3. The second-order valence-corrected chi connectivity index (χ2v) is 15.6. The Morgan fingerprint density at radius 3 is 2.22 bits per heavy atom. The van der Waals surface area contributed by atoms with Crippen LogP contribution in [-0.4, -0.2) is 35.0 Å². The predicted octanol–water partition coefficient (Wildman–Crippen LogP) is 11.5. The van der Waals surface area contributed by atoms with Crippen LogP contribution in [0.25, 0.3) is 21.5 Å². The van der Waals surface area contributed by atoms with Gasteiger partial charge >= 0.3 is 5.97 Å². The number of rotatable bonds is 9. The van der Waals surface area contributed by atoms with Gasteiger partial charge in [0.05, 0.1) is 5.41 Å². The highest BCUT2D eigenvalue weighted by Crippen LogP contribution is 2.51. The molecular formula is C45H48ClN2O2+. The third-order valence-electron chi connectivity index (χ3n) is 11.3. The van der Waals surface area contributed by atoms with Crippen molar-refractivity contribution < 1.29 is 14.5 Å². The van der Waals surface area contributed by atoms with Gasteiger partial charge in [-0.3, -0.25) is 4.79 Å². The van der Waals surface area contributed by atoms with Gasteiger partial charge in [0, 0.05) is 52.5 Å². The molecule has 50 heavy (non-hydrogen) atoms. The molecule has 0 unspecified atom stereocenters. The third-order valence-corrected chi connectivity index (χ3v) is 11.7. The molecular weight excluding hydrogens is 636 g/mol. The Kier molecular flexibility index (Phi) is 9.11. The third kappa shape index (κ3) is 5.92. The van der Waals surface area contributed by atoms with E-state index in [9.17, 15) is 4.79 Å². The number of carbonyl (C=O) groups is 1. The van der Waals surface area contributed by atoms with Crippen LogP contribution in [0.2, 0.25) is 0 Å². The molecule has 3 aliphatic rings. The normalized spacial score (nSPS) is 19.8. The zero-order valence-electron chi connectivity index (χ0n) is 30.0. The first-order valence-corrected chi connectivity index (χ1v) is 18.5. The Bertz CT molecular complexity index is 2180. The smallest absolute Gasteiger partial charge is 0.303 e. The lowest BCUT2D eigenvalue weighted by Crippen LogP contribution is -2.27. The molecule has 1 N–H and O–H groups in total. The summed E-state index contributed by atoms with van der Waals surface area (Å²) in [6.07, 6.45) is 14.8. The predicted molar refractivity (Wildman–Crippen MR) is 210 cm³/mol. The number of hydrogen-bond donors (Lipinski definition) is 1. The number of carboxylic acids is 1. The van der Waals surface area contributed by atoms with Crippen molar-refractivity contribution in [2.45, 2.75) is 83.5 Å². The van der Waals surface area contributed by atoms with E-state index in [0.29, 0.717) is 6.42 Å². The number of fused-ring (bicyclic) bond motifs is 6. The van der Waals surface area contributed by atoms with Gasteiger partial charge in [0.15, 0.2) is 5.71 Å². The van der Waals surface area contributed by atoms with E-state index in [4.69, 9.17) is 16.7 Å². The fraction of sp³-hybridized carbons (Fsp3) is 0.333. The number of benzene rings is 4. The lowest BCUT2D eigenvalue weighted by molar-refractivity contribution is -0.401. The molecule has 4 aromatic rings. The Morgan fingerprint density at radius 2 is 1.50 bits per heavy atom. The van der Waals surface area contributed by atoms with Gasteiger partial charge in [-0.25, -0.2) is 0 Å². The molecule has 256 valence electrons.